The van der Waals surface area contributed by atoms with Crippen LogP contribution in [0.25, 0.3) is 0 Å². The number of aryl methyl sites for hydroxylation is 1. The molecule has 0 saturated carbocycles. The number of amides is 1. The molecule has 0 spiro atoms. The number of guanidine groups is 1. The molecule has 1 atom stereocenters. The van der Waals surface area contributed by atoms with Gasteiger partial charge in [0.15, 0.2) is 11.8 Å². The molecule has 3 heterocycles. The van der Waals surface area contributed by atoms with Crippen LogP contribution in [0, 0.1) is 6.92 Å². The average molecular weight is 377 g/mol. The molecule has 150 valence electrons. The molecular formula is C18H32N8O. The second-order valence-electron chi connectivity index (χ2n) is 7.34. The third kappa shape index (κ3) is 4.40. The fraction of sp³-hybridized carbons (Fsp3) is 0.778. The van der Waals surface area contributed by atoms with E-state index in [1.807, 2.05) is 23.4 Å². The summed E-state index contributed by atoms with van der Waals surface area (Å²) < 4.78 is 1.96. The standard InChI is InChI=1S/C18H32N8O/c1-5-19-18(20-13-16-22-21-14(2)24(16)4)26-11-9-25(10-12-26)17(27)15-7-6-8-23(15)3/h15H,5-13H2,1-4H3,(H,19,20). The predicted octanol–water partition coefficient (Wildman–Crippen LogP) is -0.173. The Morgan fingerprint density at radius 2 is 1.85 bits per heavy atom. The highest BCUT2D eigenvalue weighted by molar-refractivity contribution is 5.83. The molecule has 1 aromatic rings. The summed E-state index contributed by atoms with van der Waals surface area (Å²) in [5.41, 5.74) is 0. The van der Waals surface area contributed by atoms with Crippen molar-refractivity contribution in [2.45, 2.75) is 39.3 Å². The van der Waals surface area contributed by atoms with E-state index in [1.165, 1.54) is 0 Å². The summed E-state index contributed by atoms with van der Waals surface area (Å²) >= 11 is 0. The Balaban J connectivity index is 1.59. The highest BCUT2D eigenvalue weighted by Crippen LogP contribution is 2.18. The summed E-state index contributed by atoms with van der Waals surface area (Å²) in [5.74, 6) is 2.89. The first kappa shape index (κ1) is 19.6. The van der Waals surface area contributed by atoms with Crippen LogP contribution in [-0.4, -0.2) is 93.7 Å². The lowest BCUT2D eigenvalue weighted by molar-refractivity contribution is -0.136. The van der Waals surface area contributed by atoms with Crippen LogP contribution in [0.2, 0.25) is 0 Å². The van der Waals surface area contributed by atoms with Gasteiger partial charge in [-0.05, 0) is 40.3 Å². The van der Waals surface area contributed by atoms with Gasteiger partial charge in [0, 0.05) is 39.8 Å². The monoisotopic (exact) mass is 376 g/mol. The molecule has 2 fully saturated rings. The maximum Gasteiger partial charge on any atom is 0.240 e. The third-order valence-corrected chi connectivity index (χ3v) is 5.58. The summed E-state index contributed by atoms with van der Waals surface area (Å²) in [7, 11) is 4.01. The van der Waals surface area contributed by atoms with E-state index in [-0.39, 0.29) is 11.9 Å². The van der Waals surface area contributed by atoms with E-state index in [4.69, 9.17) is 4.99 Å². The van der Waals surface area contributed by atoms with Crippen LogP contribution in [0.3, 0.4) is 0 Å². The SMILES string of the molecule is CCNC(=NCc1nnc(C)n1C)N1CCN(C(=O)C2CCCN2C)CC1. The number of hydrogen-bond acceptors (Lipinski definition) is 5. The largest absolute Gasteiger partial charge is 0.357 e. The molecule has 0 bridgehead atoms. The van der Waals surface area contributed by atoms with Crippen molar-refractivity contribution in [1.29, 1.82) is 0 Å². The zero-order valence-electron chi connectivity index (χ0n) is 17.0. The Hall–Kier alpha value is -2.16. The van der Waals surface area contributed by atoms with Gasteiger partial charge in [0.25, 0.3) is 0 Å². The van der Waals surface area contributed by atoms with E-state index in [0.717, 1.165) is 69.7 Å². The maximum atomic E-state index is 12.8. The van der Waals surface area contributed by atoms with Crippen molar-refractivity contribution < 1.29 is 4.79 Å². The molecular weight excluding hydrogens is 344 g/mol. The van der Waals surface area contributed by atoms with E-state index in [2.05, 4.69) is 39.3 Å². The van der Waals surface area contributed by atoms with Crippen LogP contribution < -0.4 is 5.32 Å². The minimum absolute atomic E-state index is 0.0672. The van der Waals surface area contributed by atoms with Crippen LogP contribution >= 0.6 is 0 Å². The molecule has 0 aliphatic carbocycles. The molecule has 1 unspecified atom stereocenters. The molecule has 2 aliphatic rings. The highest BCUT2D eigenvalue weighted by Gasteiger charge is 2.33. The molecule has 2 aliphatic heterocycles. The molecule has 9 heteroatoms. The van der Waals surface area contributed by atoms with Gasteiger partial charge in [0.05, 0.1) is 6.04 Å². The minimum atomic E-state index is 0.0672. The van der Waals surface area contributed by atoms with Gasteiger partial charge in [-0.25, -0.2) is 4.99 Å². The number of likely N-dealkylation sites (tertiary alicyclic amines) is 1. The number of nitrogens with zero attached hydrogens (tertiary/aromatic N) is 7. The molecule has 3 rings (SSSR count). The van der Waals surface area contributed by atoms with E-state index < -0.39 is 0 Å². The molecule has 2 saturated heterocycles. The van der Waals surface area contributed by atoms with Crippen LogP contribution in [-0.2, 0) is 18.4 Å². The first-order chi connectivity index (χ1) is 13.0. The summed E-state index contributed by atoms with van der Waals surface area (Å²) in [6, 6.07) is 0.0672. The molecule has 1 aromatic heterocycles. The van der Waals surface area contributed by atoms with Gasteiger partial charge in [-0.3, -0.25) is 9.69 Å². The molecule has 1 amide bonds. The Labute approximate surface area is 161 Å². The number of hydrogen-bond donors (Lipinski definition) is 1. The zero-order valence-corrected chi connectivity index (χ0v) is 17.0. The topological polar surface area (TPSA) is 81.9 Å². The van der Waals surface area contributed by atoms with Crippen molar-refractivity contribution in [3.8, 4) is 0 Å². The number of likely N-dealkylation sites (N-methyl/N-ethyl adjacent to an activating group) is 1. The summed E-state index contributed by atoms with van der Waals surface area (Å²) in [5, 5.41) is 11.6. The second-order valence-corrected chi connectivity index (χ2v) is 7.34. The normalized spacial score (nSPS) is 21.8. The lowest BCUT2D eigenvalue weighted by Gasteiger charge is -2.38. The lowest BCUT2D eigenvalue weighted by atomic mass is 10.2. The van der Waals surface area contributed by atoms with E-state index >= 15 is 0 Å². The van der Waals surface area contributed by atoms with Crippen molar-refractivity contribution in [3.63, 3.8) is 0 Å². The van der Waals surface area contributed by atoms with Gasteiger partial charge >= 0.3 is 0 Å². The molecule has 0 radical (unpaired) electrons. The highest BCUT2D eigenvalue weighted by atomic mass is 16.2. The van der Waals surface area contributed by atoms with E-state index in [0.29, 0.717) is 6.54 Å². The van der Waals surface area contributed by atoms with Crippen molar-refractivity contribution >= 4 is 11.9 Å². The van der Waals surface area contributed by atoms with E-state index in [1.54, 1.807) is 0 Å². The van der Waals surface area contributed by atoms with Gasteiger partial charge in [-0.1, -0.05) is 0 Å². The van der Waals surface area contributed by atoms with Gasteiger partial charge in [0.2, 0.25) is 5.91 Å². The molecule has 9 nitrogen and oxygen atoms in total. The quantitative estimate of drug-likeness (QED) is 0.580. The molecule has 27 heavy (non-hydrogen) atoms. The zero-order chi connectivity index (χ0) is 19.4. The van der Waals surface area contributed by atoms with Gasteiger partial charge in [0.1, 0.15) is 12.4 Å². The van der Waals surface area contributed by atoms with Crippen molar-refractivity contribution in [2.75, 3.05) is 46.3 Å². The first-order valence-electron chi connectivity index (χ1n) is 9.88. The number of aromatic nitrogens is 3. The predicted molar refractivity (Wildman–Crippen MR) is 104 cm³/mol. The molecule has 1 N–H and O–H groups in total. The van der Waals surface area contributed by atoms with Crippen molar-refractivity contribution in [3.05, 3.63) is 11.6 Å². The first-order valence-corrected chi connectivity index (χ1v) is 9.88. The van der Waals surface area contributed by atoms with Crippen LogP contribution in [0.4, 0.5) is 0 Å². The fourth-order valence-electron chi connectivity index (χ4n) is 3.73. The van der Waals surface area contributed by atoms with Crippen LogP contribution in [0.5, 0.6) is 0 Å². The number of carbonyl (C=O) groups is 1. The number of aliphatic imine (C=N–C) groups is 1. The molecule has 0 aromatic carbocycles. The Kier molecular flexibility index (Phi) is 6.30. The Morgan fingerprint density at radius 1 is 1.15 bits per heavy atom. The minimum Gasteiger partial charge on any atom is -0.357 e. The van der Waals surface area contributed by atoms with Crippen molar-refractivity contribution in [1.82, 2.24) is 34.8 Å². The number of piperazine rings is 1. The van der Waals surface area contributed by atoms with Crippen molar-refractivity contribution in [2.24, 2.45) is 12.0 Å². The average Bonchev–Trinajstić information content (AvgIpc) is 3.24. The smallest absolute Gasteiger partial charge is 0.240 e. The number of carbonyl (C=O) groups excluding carboxylic acids is 1. The summed E-state index contributed by atoms with van der Waals surface area (Å²) in [6.45, 7) is 9.41. The van der Waals surface area contributed by atoms with Crippen LogP contribution in [0.15, 0.2) is 4.99 Å². The fourth-order valence-corrected chi connectivity index (χ4v) is 3.73. The van der Waals surface area contributed by atoms with Gasteiger partial charge in [-0.15, -0.1) is 10.2 Å². The Morgan fingerprint density at radius 3 is 2.41 bits per heavy atom. The number of rotatable bonds is 4. The maximum absolute atomic E-state index is 12.8. The lowest BCUT2D eigenvalue weighted by Crippen LogP contribution is -2.56. The second kappa shape index (κ2) is 8.69. The Bertz CT molecular complexity index is 677. The summed E-state index contributed by atoms with van der Waals surface area (Å²) in [4.78, 5) is 23.9. The van der Waals surface area contributed by atoms with Gasteiger partial charge in [-0.2, -0.15) is 0 Å². The van der Waals surface area contributed by atoms with Gasteiger partial charge < -0.3 is 19.7 Å². The third-order valence-electron chi connectivity index (χ3n) is 5.58. The summed E-state index contributed by atoms with van der Waals surface area (Å²) in [6.07, 6.45) is 2.10. The van der Waals surface area contributed by atoms with Crippen LogP contribution in [0.1, 0.15) is 31.4 Å². The number of nitrogens with one attached hydrogen (secondary N) is 1. The van der Waals surface area contributed by atoms with E-state index in [9.17, 15) is 4.79 Å².